The lowest BCUT2D eigenvalue weighted by atomic mass is 10.2. The molecule has 0 fully saturated rings. The van der Waals surface area contributed by atoms with E-state index in [2.05, 4.69) is 4.99 Å². The Bertz CT molecular complexity index is 437. The van der Waals surface area contributed by atoms with E-state index in [0.29, 0.717) is 5.69 Å². The van der Waals surface area contributed by atoms with Gasteiger partial charge in [-0.2, -0.15) is 4.99 Å². The first-order valence-corrected chi connectivity index (χ1v) is 4.66. The van der Waals surface area contributed by atoms with Crippen molar-refractivity contribution in [3.05, 3.63) is 23.8 Å². The zero-order valence-corrected chi connectivity index (χ0v) is 7.75. The second-order valence-corrected chi connectivity index (χ2v) is 3.46. The average molecular weight is 197 g/mol. The number of benzene rings is 1. The van der Waals surface area contributed by atoms with E-state index in [1.165, 1.54) is 18.2 Å². The Labute approximate surface area is 76.9 Å². The van der Waals surface area contributed by atoms with E-state index in [0.717, 1.165) is 5.56 Å². The molecule has 0 saturated heterocycles. The summed E-state index contributed by atoms with van der Waals surface area (Å²) in [6.45, 7) is 1.73. The maximum Gasteiger partial charge on any atom is 0.240 e. The van der Waals surface area contributed by atoms with E-state index in [1.807, 2.05) is 0 Å². The minimum atomic E-state index is -2.62. The fourth-order valence-electron chi connectivity index (χ4n) is 0.881. The lowest BCUT2D eigenvalue weighted by Crippen LogP contribution is -1.81. The Balaban J connectivity index is 3.34. The number of thiol groups is 1. The second kappa shape index (κ2) is 3.98. The van der Waals surface area contributed by atoms with Gasteiger partial charge in [-0.15, -0.1) is 0 Å². The van der Waals surface area contributed by atoms with Gasteiger partial charge in [-0.1, -0.05) is 6.07 Å². The van der Waals surface area contributed by atoms with E-state index in [4.69, 9.17) is 0 Å². The first-order valence-electron chi connectivity index (χ1n) is 3.48. The molecule has 0 saturated carbocycles. The summed E-state index contributed by atoms with van der Waals surface area (Å²) < 4.78 is 21.1. The molecule has 0 radical (unpaired) electrons. The normalized spacial score (nSPS) is 9.69. The zero-order chi connectivity index (χ0) is 9.84. The van der Waals surface area contributed by atoms with Crippen molar-refractivity contribution in [2.24, 2.45) is 4.99 Å². The number of hydrogen-bond donors (Lipinski definition) is 1. The molecule has 68 valence electrons. The standard InChI is InChI=1S/C8H7NO3S/c1-6-2-3-7(13(11)12)4-8(6)9-5-10/h2-4,13H,1H3. The molecule has 5 heteroatoms. The predicted octanol–water partition coefficient (Wildman–Crippen LogP) is 0.933. The number of aliphatic imine (C=N–C) groups is 1. The van der Waals surface area contributed by atoms with Gasteiger partial charge in [0.25, 0.3) is 0 Å². The molecular formula is C8H7NO3S. The topological polar surface area (TPSA) is 63.6 Å². The van der Waals surface area contributed by atoms with Gasteiger partial charge >= 0.3 is 0 Å². The molecule has 0 aliphatic rings. The van der Waals surface area contributed by atoms with Crippen LogP contribution in [0.4, 0.5) is 5.69 Å². The van der Waals surface area contributed by atoms with Crippen molar-refractivity contribution in [3.63, 3.8) is 0 Å². The van der Waals surface area contributed by atoms with Crippen molar-refractivity contribution in [1.29, 1.82) is 0 Å². The molecule has 0 bridgehead atoms. The SMILES string of the molecule is Cc1ccc([SH](=O)=O)cc1N=C=O. The summed E-state index contributed by atoms with van der Waals surface area (Å²) in [5.41, 5.74) is 1.08. The van der Waals surface area contributed by atoms with Gasteiger partial charge in [-0.05, 0) is 24.6 Å². The minimum absolute atomic E-state index is 0.148. The second-order valence-electron chi connectivity index (χ2n) is 2.43. The summed E-state index contributed by atoms with van der Waals surface area (Å²) in [7, 11) is -2.62. The van der Waals surface area contributed by atoms with Crippen LogP contribution >= 0.6 is 0 Å². The Morgan fingerprint density at radius 2 is 2.08 bits per heavy atom. The van der Waals surface area contributed by atoms with Gasteiger partial charge in [0.05, 0.1) is 10.6 Å². The molecule has 0 aliphatic heterocycles. The number of nitrogens with zero attached hydrogens (tertiary/aromatic N) is 1. The van der Waals surface area contributed by atoms with Gasteiger partial charge in [0.1, 0.15) is 0 Å². The molecule has 0 amide bonds. The Morgan fingerprint density at radius 1 is 1.38 bits per heavy atom. The third-order valence-electron chi connectivity index (χ3n) is 1.57. The van der Waals surface area contributed by atoms with E-state index >= 15 is 0 Å². The number of aryl methyl sites for hydroxylation is 1. The van der Waals surface area contributed by atoms with Crippen LogP contribution in [-0.2, 0) is 15.5 Å². The molecule has 0 N–H and O–H groups in total. The molecular weight excluding hydrogens is 190 g/mol. The highest BCUT2D eigenvalue weighted by molar-refractivity contribution is 7.72. The van der Waals surface area contributed by atoms with Crippen molar-refractivity contribution >= 4 is 22.5 Å². The molecule has 0 unspecified atom stereocenters. The van der Waals surface area contributed by atoms with E-state index in [1.54, 1.807) is 13.0 Å². The van der Waals surface area contributed by atoms with Crippen LogP contribution in [0.3, 0.4) is 0 Å². The van der Waals surface area contributed by atoms with E-state index < -0.39 is 10.7 Å². The summed E-state index contributed by atoms with van der Waals surface area (Å²) in [6.07, 6.45) is 1.37. The molecule has 0 heterocycles. The Morgan fingerprint density at radius 3 is 2.62 bits per heavy atom. The highest BCUT2D eigenvalue weighted by atomic mass is 32.2. The van der Waals surface area contributed by atoms with Crippen LogP contribution in [0.15, 0.2) is 28.1 Å². The van der Waals surface area contributed by atoms with Gasteiger partial charge in [0, 0.05) is 0 Å². The largest absolute Gasteiger partial charge is 0.240 e. The summed E-state index contributed by atoms with van der Waals surface area (Å²) in [6, 6.07) is 4.40. The molecule has 0 aromatic heterocycles. The van der Waals surface area contributed by atoms with Crippen LogP contribution < -0.4 is 0 Å². The van der Waals surface area contributed by atoms with Gasteiger partial charge in [-0.3, -0.25) is 0 Å². The lowest BCUT2D eigenvalue weighted by molar-refractivity contribution is 0.565. The molecule has 0 atom stereocenters. The van der Waals surface area contributed by atoms with Crippen LogP contribution in [0, 0.1) is 6.92 Å². The maximum absolute atomic E-state index is 10.6. The monoisotopic (exact) mass is 197 g/mol. The number of isocyanates is 1. The molecule has 1 rings (SSSR count). The van der Waals surface area contributed by atoms with Gasteiger partial charge < -0.3 is 0 Å². The van der Waals surface area contributed by atoms with Crippen molar-refractivity contribution in [2.75, 3.05) is 0 Å². The minimum Gasteiger partial charge on any atom is -0.227 e. The van der Waals surface area contributed by atoms with Crippen molar-refractivity contribution in [3.8, 4) is 0 Å². The highest BCUT2D eigenvalue weighted by Gasteiger charge is 2.00. The van der Waals surface area contributed by atoms with Crippen molar-refractivity contribution in [2.45, 2.75) is 11.8 Å². The third-order valence-corrected chi connectivity index (χ3v) is 2.27. The van der Waals surface area contributed by atoms with Gasteiger partial charge in [-0.25, -0.2) is 13.2 Å². The van der Waals surface area contributed by atoms with Crippen molar-refractivity contribution < 1.29 is 13.2 Å². The fraction of sp³-hybridized carbons (Fsp3) is 0.125. The van der Waals surface area contributed by atoms with Crippen molar-refractivity contribution in [1.82, 2.24) is 0 Å². The highest BCUT2D eigenvalue weighted by Crippen LogP contribution is 2.19. The summed E-state index contributed by atoms with van der Waals surface area (Å²) in [4.78, 5) is 13.5. The van der Waals surface area contributed by atoms with Crippen LogP contribution in [-0.4, -0.2) is 14.5 Å². The van der Waals surface area contributed by atoms with Crippen LogP contribution in [0.5, 0.6) is 0 Å². The average Bonchev–Trinajstić information content (AvgIpc) is 2.08. The third kappa shape index (κ3) is 2.24. The number of hydrogen-bond acceptors (Lipinski definition) is 4. The number of rotatable bonds is 2. The molecule has 0 aliphatic carbocycles. The summed E-state index contributed by atoms with van der Waals surface area (Å²) >= 11 is 0. The van der Waals surface area contributed by atoms with Crippen LogP contribution in [0.2, 0.25) is 0 Å². The summed E-state index contributed by atoms with van der Waals surface area (Å²) in [5.74, 6) is 0. The molecule has 0 spiro atoms. The fourth-order valence-corrected chi connectivity index (χ4v) is 1.30. The maximum atomic E-state index is 10.6. The van der Waals surface area contributed by atoms with Crippen LogP contribution in [0.1, 0.15) is 5.56 Å². The number of carbonyl (C=O) groups excluding carboxylic acids is 1. The Kier molecular flexibility index (Phi) is 2.95. The van der Waals surface area contributed by atoms with E-state index in [-0.39, 0.29) is 4.90 Å². The quantitative estimate of drug-likeness (QED) is 0.436. The molecule has 13 heavy (non-hydrogen) atoms. The molecule has 1 aromatic rings. The van der Waals surface area contributed by atoms with Gasteiger partial charge in [0.2, 0.25) is 6.08 Å². The van der Waals surface area contributed by atoms with E-state index in [9.17, 15) is 13.2 Å². The first kappa shape index (κ1) is 9.64. The van der Waals surface area contributed by atoms with Crippen LogP contribution in [0.25, 0.3) is 0 Å². The van der Waals surface area contributed by atoms with Gasteiger partial charge in [0.15, 0.2) is 10.7 Å². The summed E-state index contributed by atoms with van der Waals surface area (Å²) in [5, 5.41) is 0. The molecule has 1 aromatic carbocycles. The first-order chi connectivity index (χ1) is 6.15. The zero-order valence-electron chi connectivity index (χ0n) is 6.85. The predicted molar refractivity (Wildman–Crippen MR) is 47.5 cm³/mol. The Hall–Kier alpha value is -1.45. The lowest BCUT2D eigenvalue weighted by Gasteiger charge is -1.97. The molecule has 4 nitrogen and oxygen atoms in total. The smallest absolute Gasteiger partial charge is 0.227 e.